The van der Waals surface area contributed by atoms with E-state index < -0.39 is 0 Å². The van der Waals surface area contributed by atoms with Gasteiger partial charge in [-0.2, -0.15) is 0 Å². The van der Waals surface area contributed by atoms with Crippen molar-refractivity contribution in [3.05, 3.63) is 59.9 Å². The number of rotatable bonds is 3. The Morgan fingerprint density at radius 2 is 1.88 bits per heavy atom. The quantitative estimate of drug-likeness (QED) is 0.927. The van der Waals surface area contributed by atoms with Gasteiger partial charge in [-0.1, -0.05) is 32.0 Å². The fraction of sp³-hybridized carbons (Fsp3) is 0.400. The second-order valence-electron chi connectivity index (χ2n) is 7.34. The minimum absolute atomic E-state index is 0.00161. The molecule has 24 heavy (non-hydrogen) atoms. The molecule has 0 saturated heterocycles. The molecule has 1 aromatic carbocycles. The second-order valence-corrected chi connectivity index (χ2v) is 7.34. The average Bonchev–Trinajstić information content (AvgIpc) is 3.30. The summed E-state index contributed by atoms with van der Waals surface area (Å²) in [5, 5.41) is 3.24. The van der Waals surface area contributed by atoms with Gasteiger partial charge in [0.1, 0.15) is 0 Å². The summed E-state index contributed by atoms with van der Waals surface area (Å²) in [5.74, 6) is 0.309. The molecule has 4 heteroatoms. The van der Waals surface area contributed by atoms with Crippen molar-refractivity contribution in [3.63, 3.8) is 0 Å². The summed E-state index contributed by atoms with van der Waals surface area (Å²) in [5.41, 5.74) is 3.73. The van der Waals surface area contributed by atoms with Gasteiger partial charge in [0.05, 0.1) is 6.04 Å². The number of carbonyl (C=O) groups is 1. The smallest absolute Gasteiger partial charge is 0.322 e. The van der Waals surface area contributed by atoms with Crippen LogP contribution in [0.3, 0.4) is 0 Å². The number of urea groups is 1. The Kier molecular flexibility index (Phi) is 3.56. The van der Waals surface area contributed by atoms with Crippen LogP contribution >= 0.6 is 0 Å². The topological polar surface area (TPSA) is 45.2 Å². The number of fused-ring (bicyclic) bond motifs is 2. The standard InChI is InChI=1S/C20H23N3O/c1-14(2)18(15-7-11-21-12-8-15)22-19(24)23-13-20(9-10-20)16-5-3-4-6-17(16)23/h3-8,11-12,14,18H,9-10,13H2,1-2H3,(H,22,24)/t18-/m0/s1. The second kappa shape index (κ2) is 5.62. The Morgan fingerprint density at radius 1 is 1.17 bits per heavy atom. The maximum absolute atomic E-state index is 13.0. The van der Waals surface area contributed by atoms with Gasteiger partial charge in [-0.15, -0.1) is 0 Å². The van der Waals surface area contributed by atoms with Crippen LogP contribution in [-0.2, 0) is 5.41 Å². The minimum atomic E-state index is -0.0107. The van der Waals surface area contributed by atoms with E-state index in [2.05, 4.69) is 42.3 Å². The van der Waals surface area contributed by atoms with E-state index in [1.54, 1.807) is 12.4 Å². The van der Waals surface area contributed by atoms with Gasteiger partial charge in [0.2, 0.25) is 0 Å². The molecule has 4 nitrogen and oxygen atoms in total. The number of amides is 2. The predicted octanol–water partition coefficient (Wildman–Crippen LogP) is 4.04. The summed E-state index contributed by atoms with van der Waals surface area (Å²) in [6.07, 6.45) is 5.93. The summed E-state index contributed by atoms with van der Waals surface area (Å²) in [6, 6.07) is 12.3. The molecule has 0 unspecified atom stereocenters. The van der Waals surface area contributed by atoms with Crippen molar-refractivity contribution in [2.45, 2.75) is 38.1 Å². The number of nitrogens with one attached hydrogen (secondary N) is 1. The Hall–Kier alpha value is -2.36. The molecule has 4 rings (SSSR count). The maximum Gasteiger partial charge on any atom is 0.322 e. The fourth-order valence-corrected chi connectivity index (χ4v) is 3.81. The van der Waals surface area contributed by atoms with E-state index in [4.69, 9.17) is 0 Å². The molecule has 0 radical (unpaired) electrons. The highest BCUT2D eigenvalue weighted by Crippen LogP contribution is 2.56. The van der Waals surface area contributed by atoms with Gasteiger partial charge in [0, 0.05) is 30.0 Å². The first-order valence-electron chi connectivity index (χ1n) is 8.68. The molecule has 1 spiro atoms. The lowest BCUT2D eigenvalue weighted by molar-refractivity contribution is 0.238. The summed E-state index contributed by atoms with van der Waals surface area (Å²) < 4.78 is 0. The van der Waals surface area contributed by atoms with Crippen molar-refractivity contribution in [1.29, 1.82) is 0 Å². The van der Waals surface area contributed by atoms with Gasteiger partial charge < -0.3 is 5.32 Å². The fourth-order valence-electron chi connectivity index (χ4n) is 3.81. The summed E-state index contributed by atoms with van der Waals surface area (Å²) >= 11 is 0. The van der Waals surface area contributed by atoms with E-state index in [-0.39, 0.29) is 17.5 Å². The Balaban J connectivity index is 1.58. The van der Waals surface area contributed by atoms with Gasteiger partial charge >= 0.3 is 6.03 Å². The third kappa shape index (κ3) is 2.46. The monoisotopic (exact) mass is 321 g/mol. The summed E-state index contributed by atoms with van der Waals surface area (Å²) in [6.45, 7) is 5.07. The van der Waals surface area contributed by atoms with Crippen LogP contribution in [0.25, 0.3) is 0 Å². The molecule has 1 saturated carbocycles. The summed E-state index contributed by atoms with van der Waals surface area (Å²) in [4.78, 5) is 19.0. The molecule has 1 aliphatic heterocycles. The van der Waals surface area contributed by atoms with Crippen LogP contribution in [0.15, 0.2) is 48.8 Å². The number of hydrogen-bond acceptors (Lipinski definition) is 2. The molecular weight excluding hydrogens is 298 g/mol. The number of aromatic nitrogens is 1. The van der Waals surface area contributed by atoms with Gasteiger partial charge in [-0.25, -0.2) is 4.79 Å². The molecule has 124 valence electrons. The van der Waals surface area contributed by atoms with Crippen LogP contribution in [0.2, 0.25) is 0 Å². The number of para-hydroxylation sites is 1. The van der Waals surface area contributed by atoms with Gasteiger partial charge in [0.25, 0.3) is 0 Å². The Bertz CT molecular complexity index is 752. The third-order valence-electron chi connectivity index (χ3n) is 5.34. The van der Waals surface area contributed by atoms with Crippen LogP contribution < -0.4 is 10.2 Å². The van der Waals surface area contributed by atoms with Crippen LogP contribution in [0, 0.1) is 5.92 Å². The van der Waals surface area contributed by atoms with E-state index in [1.807, 2.05) is 23.1 Å². The Morgan fingerprint density at radius 3 is 2.54 bits per heavy atom. The SMILES string of the molecule is CC(C)[C@H](NC(=O)N1CC2(CC2)c2ccccc21)c1ccncc1. The van der Waals surface area contributed by atoms with Crippen molar-refractivity contribution in [2.75, 3.05) is 11.4 Å². The molecule has 2 heterocycles. The predicted molar refractivity (Wildman–Crippen MR) is 95.0 cm³/mol. The van der Waals surface area contributed by atoms with Crippen LogP contribution in [0.4, 0.5) is 10.5 Å². The molecule has 1 aromatic heterocycles. The lowest BCUT2D eigenvalue weighted by atomic mass is 9.97. The lowest BCUT2D eigenvalue weighted by Crippen LogP contribution is -2.43. The van der Waals surface area contributed by atoms with Crippen LogP contribution in [0.1, 0.15) is 43.9 Å². The molecule has 0 bridgehead atoms. The van der Waals surface area contributed by atoms with E-state index in [0.29, 0.717) is 5.92 Å². The Labute approximate surface area is 142 Å². The largest absolute Gasteiger partial charge is 0.331 e. The highest BCUT2D eigenvalue weighted by atomic mass is 16.2. The first-order chi connectivity index (χ1) is 11.6. The number of pyridine rings is 1. The van der Waals surface area contributed by atoms with E-state index in [9.17, 15) is 4.79 Å². The third-order valence-corrected chi connectivity index (χ3v) is 5.34. The molecule has 1 atom stereocenters. The zero-order valence-electron chi connectivity index (χ0n) is 14.2. The van der Waals surface area contributed by atoms with Crippen molar-refractivity contribution in [2.24, 2.45) is 5.92 Å². The average molecular weight is 321 g/mol. The molecule has 1 N–H and O–H groups in total. The number of nitrogens with zero attached hydrogens (tertiary/aromatic N) is 2. The molecule has 2 aliphatic rings. The van der Waals surface area contributed by atoms with E-state index in [0.717, 1.165) is 17.8 Å². The molecule has 1 aliphatic carbocycles. The first-order valence-corrected chi connectivity index (χ1v) is 8.68. The van der Waals surface area contributed by atoms with Crippen LogP contribution in [-0.4, -0.2) is 17.6 Å². The lowest BCUT2D eigenvalue weighted by Gasteiger charge is -2.27. The number of anilines is 1. The van der Waals surface area contributed by atoms with Crippen molar-refractivity contribution >= 4 is 11.7 Å². The number of benzene rings is 1. The highest BCUT2D eigenvalue weighted by molar-refractivity contribution is 5.95. The minimum Gasteiger partial charge on any atom is -0.331 e. The first kappa shape index (κ1) is 15.2. The van der Waals surface area contributed by atoms with Crippen molar-refractivity contribution in [1.82, 2.24) is 10.3 Å². The number of hydrogen-bond donors (Lipinski definition) is 1. The molecule has 1 fully saturated rings. The van der Waals surface area contributed by atoms with Crippen molar-refractivity contribution in [3.8, 4) is 0 Å². The van der Waals surface area contributed by atoms with Gasteiger partial charge in [0.15, 0.2) is 0 Å². The van der Waals surface area contributed by atoms with E-state index >= 15 is 0 Å². The van der Waals surface area contributed by atoms with Gasteiger partial charge in [-0.05, 0) is 48.1 Å². The zero-order chi connectivity index (χ0) is 16.7. The number of carbonyl (C=O) groups excluding carboxylic acids is 1. The van der Waals surface area contributed by atoms with Crippen LogP contribution in [0.5, 0.6) is 0 Å². The van der Waals surface area contributed by atoms with Crippen molar-refractivity contribution < 1.29 is 4.79 Å². The molecule has 2 amide bonds. The highest BCUT2D eigenvalue weighted by Gasteiger charge is 2.52. The summed E-state index contributed by atoms with van der Waals surface area (Å²) in [7, 11) is 0. The van der Waals surface area contributed by atoms with E-state index in [1.165, 1.54) is 18.4 Å². The maximum atomic E-state index is 13.0. The van der Waals surface area contributed by atoms with Gasteiger partial charge in [-0.3, -0.25) is 9.88 Å². The zero-order valence-corrected chi connectivity index (χ0v) is 14.2. The molecular formula is C20H23N3O. The normalized spacial score (nSPS) is 18.5. The molecule has 2 aromatic rings.